The minimum absolute atomic E-state index is 0.0565. The monoisotopic (exact) mass is 581 g/mol. The molecule has 2 atom stereocenters. The van der Waals surface area contributed by atoms with Crippen molar-refractivity contribution in [2.75, 3.05) is 50.8 Å². The zero-order chi connectivity index (χ0) is 29.6. The third-order valence-corrected chi connectivity index (χ3v) is 8.07. The Morgan fingerprint density at radius 1 is 0.930 bits per heavy atom. The Kier molecular flexibility index (Phi) is 8.97. The first-order valence-corrected chi connectivity index (χ1v) is 14.8. The largest absolute Gasteiger partial charge is 0.353 e. The average molecular weight is 582 g/mol. The van der Waals surface area contributed by atoms with Gasteiger partial charge in [0.15, 0.2) is 12.1 Å². The minimum atomic E-state index is -0.429. The van der Waals surface area contributed by atoms with Crippen molar-refractivity contribution >= 4 is 29.6 Å². The quantitative estimate of drug-likeness (QED) is 0.262. The van der Waals surface area contributed by atoms with Gasteiger partial charge in [-0.1, -0.05) is 54.6 Å². The predicted molar refractivity (Wildman–Crippen MR) is 161 cm³/mol. The van der Waals surface area contributed by atoms with Crippen LogP contribution in [0.25, 0.3) is 6.08 Å². The van der Waals surface area contributed by atoms with Gasteiger partial charge in [-0.3, -0.25) is 24.2 Å². The van der Waals surface area contributed by atoms with E-state index in [1.165, 1.54) is 4.90 Å². The van der Waals surface area contributed by atoms with Crippen LogP contribution in [0.2, 0.25) is 0 Å². The third kappa shape index (κ3) is 6.72. The van der Waals surface area contributed by atoms with E-state index in [9.17, 15) is 14.4 Å². The highest BCUT2D eigenvalue weighted by atomic mass is 16.7. The van der Waals surface area contributed by atoms with Crippen molar-refractivity contribution in [3.63, 3.8) is 0 Å². The summed E-state index contributed by atoms with van der Waals surface area (Å²) in [6.07, 6.45) is 9.56. The van der Waals surface area contributed by atoms with E-state index in [4.69, 9.17) is 9.47 Å². The van der Waals surface area contributed by atoms with Gasteiger partial charge in [0, 0.05) is 51.7 Å². The molecule has 0 bridgehead atoms. The van der Waals surface area contributed by atoms with E-state index < -0.39 is 6.04 Å². The van der Waals surface area contributed by atoms with Crippen molar-refractivity contribution in [3.05, 3.63) is 95.3 Å². The second kappa shape index (κ2) is 13.4. The molecule has 10 nitrogen and oxygen atoms in total. The highest BCUT2D eigenvalue weighted by Gasteiger charge is 2.39. The molecule has 0 N–H and O–H groups in total. The van der Waals surface area contributed by atoms with E-state index >= 15 is 0 Å². The first-order valence-electron chi connectivity index (χ1n) is 14.8. The number of rotatable bonds is 10. The summed E-state index contributed by atoms with van der Waals surface area (Å²) >= 11 is 0. The van der Waals surface area contributed by atoms with Crippen LogP contribution in [0.15, 0.2) is 73.1 Å². The van der Waals surface area contributed by atoms with Crippen molar-refractivity contribution in [2.24, 2.45) is 0 Å². The number of fused-ring (bicyclic) bond motifs is 1. The number of carbonyl (C=O) groups excluding carboxylic acids is 3. The molecule has 3 aliphatic heterocycles. The lowest BCUT2D eigenvalue weighted by Crippen LogP contribution is -2.52. The maximum atomic E-state index is 13.3. The summed E-state index contributed by atoms with van der Waals surface area (Å²) in [5, 5.41) is 0. The molecule has 43 heavy (non-hydrogen) atoms. The number of imide groups is 1. The maximum Gasteiger partial charge on any atom is 0.262 e. The van der Waals surface area contributed by atoms with E-state index in [1.807, 2.05) is 42.5 Å². The Morgan fingerprint density at radius 3 is 2.26 bits per heavy atom. The standard InChI is InChI=1S/C33H35N5O5/c39-29(23-43-30-12-6-7-19-42-30)25-20-34-33(35-21-25)37-17-15-36(16-18-37)22-26(14-13-24-8-2-1-3-9-24)38-31(40)27-10-4-5-11-28(27)32(38)41/h1-5,8-11,13-14,20-21,26,30H,6-7,12,15-19,22-23H2/b14-13+. The zero-order valence-corrected chi connectivity index (χ0v) is 24.0. The van der Waals surface area contributed by atoms with E-state index in [-0.39, 0.29) is 30.5 Å². The molecule has 2 fully saturated rings. The number of piperazine rings is 1. The molecule has 6 rings (SSSR count). The van der Waals surface area contributed by atoms with Crippen LogP contribution < -0.4 is 4.90 Å². The summed E-state index contributed by atoms with van der Waals surface area (Å²) in [4.78, 5) is 53.8. The number of aromatic nitrogens is 2. The number of carbonyl (C=O) groups is 3. The SMILES string of the molecule is O=C(COC1CCCCO1)c1cnc(N2CCN(CC(/C=C/c3ccccc3)N3C(=O)c4ccccc4C3=O)CC2)nc1. The second-order valence-corrected chi connectivity index (χ2v) is 11.0. The first kappa shape index (κ1) is 28.9. The lowest BCUT2D eigenvalue weighted by atomic mass is 10.1. The molecule has 2 unspecified atom stereocenters. The van der Waals surface area contributed by atoms with Crippen LogP contribution in [0.5, 0.6) is 0 Å². The fourth-order valence-electron chi connectivity index (χ4n) is 5.64. The topological polar surface area (TPSA) is 105 Å². The lowest BCUT2D eigenvalue weighted by Gasteiger charge is -2.37. The molecular formula is C33H35N5O5. The van der Waals surface area contributed by atoms with Crippen LogP contribution in [-0.2, 0) is 9.47 Å². The number of ether oxygens (including phenoxy) is 2. The molecule has 0 spiro atoms. The number of amides is 2. The molecule has 2 aromatic carbocycles. The minimum Gasteiger partial charge on any atom is -0.353 e. The van der Waals surface area contributed by atoms with E-state index in [2.05, 4.69) is 19.8 Å². The number of Topliss-reactive ketones (excluding diaryl/α,β-unsaturated/α-hetero) is 1. The van der Waals surface area contributed by atoms with Gasteiger partial charge in [-0.15, -0.1) is 0 Å². The van der Waals surface area contributed by atoms with Gasteiger partial charge in [0.05, 0.1) is 22.7 Å². The summed E-state index contributed by atoms with van der Waals surface area (Å²) in [5.41, 5.74) is 2.31. The molecule has 10 heteroatoms. The number of ketones is 1. The molecule has 0 radical (unpaired) electrons. The van der Waals surface area contributed by atoms with Crippen molar-refractivity contribution in [3.8, 4) is 0 Å². The van der Waals surface area contributed by atoms with E-state index in [0.717, 1.165) is 24.8 Å². The van der Waals surface area contributed by atoms with Crippen molar-refractivity contribution in [2.45, 2.75) is 31.6 Å². The molecule has 3 aromatic rings. The summed E-state index contributed by atoms with van der Waals surface area (Å²) in [5.74, 6) is -0.134. The van der Waals surface area contributed by atoms with Crippen LogP contribution in [0.3, 0.4) is 0 Å². The van der Waals surface area contributed by atoms with Gasteiger partial charge in [-0.05, 0) is 37.0 Å². The van der Waals surface area contributed by atoms with Crippen LogP contribution in [0.4, 0.5) is 5.95 Å². The smallest absolute Gasteiger partial charge is 0.262 e. The molecule has 4 heterocycles. The van der Waals surface area contributed by atoms with E-state index in [0.29, 0.717) is 62.0 Å². The van der Waals surface area contributed by atoms with Crippen LogP contribution in [0, 0.1) is 0 Å². The zero-order valence-electron chi connectivity index (χ0n) is 24.0. The molecular weight excluding hydrogens is 546 g/mol. The maximum absolute atomic E-state index is 13.3. The van der Waals surface area contributed by atoms with Gasteiger partial charge in [0.2, 0.25) is 5.95 Å². The predicted octanol–water partition coefficient (Wildman–Crippen LogP) is 3.70. The number of anilines is 1. The molecule has 3 aliphatic rings. The second-order valence-electron chi connectivity index (χ2n) is 11.0. The molecule has 1 aromatic heterocycles. The van der Waals surface area contributed by atoms with E-state index in [1.54, 1.807) is 36.7 Å². The normalized spacial score (nSPS) is 20.0. The van der Waals surface area contributed by atoms with Gasteiger partial charge >= 0.3 is 0 Å². The molecule has 0 aliphatic carbocycles. The summed E-state index contributed by atoms with van der Waals surface area (Å²) < 4.78 is 11.1. The highest BCUT2D eigenvalue weighted by Crippen LogP contribution is 2.26. The Hall–Kier alpha value is -4.25. The Morgan fingerprint density at radius 2 is 1.60 bits per heavy atom. The fourth-order valence-corrected chi connectivity index (χ4v) is 5.64. The first-order chi connectivity index (χ1) is 21.1. The average Bonchev–Trinajstić information content (AvgIpc) is 3.32. The Labute approximate surface area is 250 Å². The number of hydrogen-bond acceptors (Lipinski definition) is 9. The molecule has 2 saturated heterocycles. The van der Waals surface area contributed by atoms with Crippen LogP contribution in [0.1, 0.15) is 55.9 Å². The van der Waals surface area contributed by atoms with Gasteiger partial charge < -0.3 is 14.4 Å². The van der Waals surface area contributed by atoms with Gasteiger partial charge in [0.1, 0.15) is 6.61 Å². The summed E-state index contributed by atoms with van der Waals surface area (Å²) in [7, 11) is 0. The number of benzene rings is 2. The van der Waals surface area contributed by atoms with Gasteiger partial charge in [-0.25, -0.2) is 9.97 Å². The van der Waals surface area contributed by atoms with Crippen molar-refractivity contribution < 1.29 is 23.9 Å². The summed E-state index contributed by atoms with van der Waals surface area (Å²) in [6.45, 7) is 3.88. The van der Waals surface area contributed by atoms with Gasteiger partial charge in [0.25, 0.3) is 11.8 Å². The Balaban J connectivity index is 1.07. The fraction of sp³-hybridized carbons (Fsp3) is 0.364. The molecule has 222 valence electrons. The number of hydrogen-bond donors (Lipinski definition) is 0. The third-order valence-electron chi connectivity index (χ3n) is 8.07. The lowest BCUT2D eigenvalue weighted by molar-refractivity contribution is -0.155. The van der Waals surface area contributed by atoms with Crippen molar-refractivity contribution in [1.29, 1.82) is 0 Å². The Bertz CT molecular complexity index is 1430. The van der Waals surface area contributed by atoms with Gasteiger partial charge in [-0.2, -0.15) is 0 Å². The number of nitrogens with zero attached hydrogens (tertiary/aromatic N) is 5. The highest BCUT2D eigenvalue weighted by molar-refractivity contribution is 6.21. The van der Waals surface area contributed by atoms with Crippen molar-refractivity contribution in [1.82, 2.24) is 19.8 Å². The van der Waals surface area contributed by atoms with Crippen LogP contribution in [-0.4, -0.2) is 95.6 Å². The molecule has 2 amide bonds. The molecule has 0 saturated carbocycles. The summed E-state index contributed by atoms with van der Waals surface area (Å²) in [6, 6.07) is 16.4. The van der Waals surface area contributed by atoms with Crippen LogP contribution >= 0.6 is 0 Å².